The highest BCUT2D eigenvalue weighted by atomic mass is 16.7. The van der Waals surface area contributed by atoms with Gasteiger partial charge in [-0.25, -0.2) is 0 Å². The first-order valence-electron chi connectivity index (χ1n) is 7.78. The van der Waals surface area contributed by atoms with Gasteiger partial charge in [0.25, 0.3) is 0 Å². The smallest absolute Gasteiger partial charge is 0.188 e. The van der Waals surface area contributed by atoms with Crippen LogP contribution in [0, 0.1) is 0 Å². The van der Waals surface area contributed by atoms with Crippen molar-refractivity contribution in [3.63, 3.8) is 0 Å². The molecule has 0 saturated carbocycles. The minimum absolute atomic E-state index is 0.0387. The van der Waals surface area contributed by atoms with E-state index in [1.807, 2.05) is 0 Å². The first-order chi connectivity index (χ1) is 12.6. The number of benzene rings is 2. The van der Waals surface area contributed by atoms with Crippen molar-refractivity contribution >= 4 is 11.6 Å². The lowest BCUT2D eigenvalue weighted by Crippen LogP contribution is -2.12. The van der Waals surface area contributed by atoms with Crippen molar-refractivity contribution in [3.05, 3.63) is 53.6 Å². The molecule has 0 atom stereocenters. The van der Waals surface area contributed by atoms with E-state index in [2.05, 4.69) is 0 Å². The maximum absolute atomic E-state index is 12.6. The zero-order valence-corrected chi connectivity index (χ0v) is 14.6. The van der Waals surface area contributed by atoms with E-state index >= 15 is 0 Å². The number of rotatable bonds is 10. The minimum Gasteiger partial charge on any atom is -0.507 e. The molecular weight excluding hydrogens is 340 g/mol. The minimum atomic E-state index is -0.569. The highest BCUT2D eigenvalue weighted by Gasteiger charge is 2.22. The summed E-state index contributed by atoms with van der Waals surface area (Å²) in [5, 5.41) is 10.3. The number of ketones is 2. The normalized spacial score (nSPS) is 10.4. The summed E-state index contributed by atoms with van der Waals surface area (Å²) in [6.45, 7) is -0.178. The van der Waals surface area contributed by atoms with Crippen molar-refractivity contribution in [1.29, 1.82) is 0 Å². The fourth-order valence-electron chi connectivity index (χ4n) is 2.26. The summed E-state index contributed by atoms with van der Waals surface area (Å²) < 4.78 is 20.3. The maximum Gasteiger partial charge on any atom is 0.188 e. The standard InChI is InChI=1S/C19H20O7/c1-23-11-25-14-8-16(21)19(18(9-14)26-12-24-2)17(22)10-15(20)13-6-4-3-5-7-13/h3-9,21H,10-12H2,1-2H3. The third kappa shape index (κ3) is 5.05. The zero-order valence-electron chi connectivity index (χ0n) is 14.6. The number of phenols is 1. The lowest BCUT2D eigenvalue weighted by molar-refractivity contribution is 0.0452. The summed E-state index contributed by atoms with van der Waals surface area (Å²) in [6, 6.07) is 11.1. The molecule has 7 nitrogen and oxygen atoms in total. The SMILES string of the molecule is COCOc1cc(O)c(C(=O)CC(=O)c2ccccc2)c(OCOC)c1. The van der Waals surface area contributed by atoms with E-state index < -0.39 is 12.2 Å². The van der Waals surface area contributed by atoms with Crippen LogP contribution in [0.3, 0.4) is 0 Å². The number of phenolic OH excluding ortho intramolecular Hbond substituents is 1. The van der Waals surface area contributed by atoms with Crippen molar-refractivity contribution in [2.45, 2.75) is 6.42 Å². The Labute approximate surface area is 151 Å². The monoisotopic (exact) mass is 360 g/mol. The van der Waals surface area contributed by atoms with Crippen molar-refractivity contribution in [1.82, 2.24) is 0 Å². The van der Waals surface area contributed by atoms with E-state index in [9.17, 15) is 14.7 Å². The van der Waals surface area contributed by atoms with E-state index in [-0.39, 0.29) is 42.2 Å². The molecule has 7 heteroatoms. The van der Waals surface area contributed by atoms with Gasteiger partial charge in [-0.05, 0) is 0 Å². The predicted molar refractivity (Wildman–Crippen MR) is 92.8 cm³/mol. The van der Waals surface area contributed by atoms with Crippen molar-refractivity contribution in [2.24, 2.45) is 0 Å². The summed E-state index contributed by atoms with van der Waals surface area (Å²) in [4.78, 5) is 24.9. The molecular formula is C19H20O7. The summed E-state index contributed by atoms with van der Waals surface area (Å²) >= 11 is 0. The third-order valence-corrected chi connectivity index (χ3v) is 3.43. The molecule has 0 spiro atoms. The van der Waals surface area contributed by atoms with Gasteiger partial charge in [-0.1, -0.05) is 30.3 Å². The molecule has 1 N–H and O–H groups in total. The zero-order chi connectivity index (χ0) is 18.9. The average Bonchev–Trinajstić information content (AvgIpc) is 2.64. The highest BCUT2D eigenvalue weighted by Crippen LogP contribution is 2.34. The molecule has 0 aromatic heterocycles. The van der Waals surface area contributed by atoms with Gasteiger partial charge in [-0.2, -0.15) is 0 Å². The summed E-state index contributed by atoms with van der Waals surface area (Å²) in [7, 11) is 2.88. The quantitative estimate of drug-likeness (QED) is 0.396. The lowest BCUT2D eigenvalue weighted by Gasteiger charge is -2.14. The van der Waals surface area contributed by atoms with E-state index in [0.29, 0.717) is 5.56 Å². The largest absolute Gasteiger partial charge is 0.507 e. The molecule has 0 unspecified atom stereocenters. The van der Waals surface area contributed by atoms with Gasteiger partial charge >= 0.3 is 0 Å². The molecule has 0 radical (unpaired) electrons. The van der Waals surface area contributed by atoms with E-state index in [0.717, 1.165) is 0 Å². The second-order valence-electron chi connectivity index (χ2n) is 5.31. The van der Waals surface area contributed by atoms with Crippen molar-refractivity contribution < 1.29 is 33.6 Å². The number of carbonyl (C=O) groups excluding carboxylic acids is 2. The van der Waals surface area contributed by atoms with Crippen LogP contribution >= 0.6 is 0 Å². The van der Waals surface area contributed by atoms with Crippen LogP contribution in [0.15, 0.2) is 42.5 Å². The topological polar surface area (TPSA) is 91.3 Å². The molecule has 2 aromatic rings. The molecule has 138 valence electrons. The van der Waals surface area contributed by atoms with Crippen LogP contribution in [-0.2, 0) is 9.47 Å². The van der Waals surface area contributed by atoms with E-state index in [4.69, 9.17) is 18.9 Å². The van der Waals surface area contributed by atoms with Gasteiger partial charge in [-0.3, -0.25) is 9.59 Å². The summed E-state index contributed by atoms with van der Waals surface area (Å²) in [5.41, 5.74) is 0.316. The molecule has 0 aliphatic heterocycles. The first-order valence-corrected chi connectivity index (χ1v) is 7.78. The fraction of sp³-hybridized carbons (Fsp3) is 0.263. The number of hydrogen-bond donors (Lipinski definition) is 1. The van der Waals surface area contributed by atoms with Crippen molar-refractivity contribution in [2.75, 3.05) is 27.8 Å². The molecule has 0 aliphatic rings. The Morgan fingerprint density at radius 3 is 2.23 bits per heavy atom. The van der Waals surface area contributed by atoms with Gasteiger partial charge in [0.05, 0.1) is 6.42 Å². The third-order valence-electron chi connectivity index (χ3n) is 3.43. The van der Waals surface area contributed by atoms with Crippen LogP contribution in [0.1, 0.15) is 27.1 Å². The van der Waals surface area contributed by atoms with Gasteiger partial charge in [-0.15, -0.1) is 0 Å². The van der Waals surface area contributed by atoms with Crippen LogP contribution in [0.2, 0.25) is 0 Å². The van der Waals surface area contributed by atoms with E-state index in [1.54, 1.807) is 30.3 Å². The molecule has 0 aliphatic carbocycles. The summed E-state index contributed by atoms with van der Waals surface area (Å²) in [5.74, 6) is -0.964. The number of aromatic hydroxyl groups is 1. The molecule has 2 aromatic carbocycles. The fourth-order valence-corrected chi connectivity index (χ4v) is 2.26. The number of hydrogen-bond acceptors (Lipinski definition) is 7. The van der Waals surface area contributed by atoms with Gasteiger partial charge in [0.2, 0.25) is 0 Å². The molecule has 0 heterocycles. The van der Waals surface area contributed by atoms with Crippen molar-refractivity contribution in [3.8, 4) is 17.2 Å². The average molecular weight is 360 g/mol. The molecule has 0 bridgehead atoms. The Balaban J connectivity index is 2.27. The van der Waals surface area contributed by atoms with Crippen LogP contribution < -0.4 is 9.47 Å². The Morgan fingerprint density at radius 2 is 1.58 bits per heavy atom. The van der Waals surface area contributed by atoms with Gasteiger partial charge in [0.1, 0.15) is 22.8 Å². The van der Waals surface area contributed by atoms with Gasteiger partial charge in [0.15, 0.2) is 25.2 Å². The summed E-state index contributed by atoms with van der Waals surface area (Å²) in [6.07, 6.45) is -0.404. The Morgan fingerprint density at radius 1 is 0.923 bits per heavy atom. The van der Waals surface area contributed by atoms with E-state index in [1.165, 1.54) is 26.4 Å². The second-order valence-corrected chi connectivity index (χ2v) is 5.31. The molecule has 0 fully saturated rings. The van der Waals surface area contributed by atoms with Gasteiger partial charge < -0.3 is 24.1 Å². The first kappa shape index (κ1) is 19.4. The number of methoxy groups -OCH3 is 2. The van der Waals surface area contributed by atoms with Crippen LogP contribution in [-0.4, -0.2) is 44.5 Å². The van der Waals surface area contributed by atoms with Crippen LogP contribution in [0.4, 0.5) is 0 Å². The van der Waals surface area contributed by atoms with Crippen LogP contribution in [0.5, 0.6) is 17.2 Å². The highest BCUT2D eigenvalue weighted by molar-refractivity contribution is 6.15. The second kappa shape index (κ2) is 9.55. The Kier molecular flexibility index (Phi) is 7.13. The Bertz CT molecular complexity index is 756. The molecule has 2 rings (SSSR count). The molecule has 0 amide bonds. The lowest BCUT2D eigenvalue weighted by atomic mass is 10.00. The number of carbonyl (C=O) groups is 2. The number of ether oxygens (including phenoxy) is 4. The Hall–Kier alpha value is -2.90. The van der Waals surface area contributed by atoms with Crippen LogP contribution in [0.25, 0.3) is 0 Å². The number of Topliss-reactive ketones (excluding diaryl/α,β-unsaturated/α-hetero) is 2. The maximum atomic E-state index is 12.6. The molecule has 26 heavy (non-hydrogen) atoms. The van der Waals surface area contributed by atoms with Gasteiger partial charge in [0, 0.05) is 31.9 Å². The predicted octanol–water partition coefficient (Wildman–Crippen LogP) is 2.81. The molecule has 0 saturated heterocycles.